The van der Waals surface area contributed by atoms with Gasteiger partial charge in [-0.05, 0) is 48.9 Å². The smallest absolute Gasteiger partial charge is 0.355 e. The standard InChI is InChI=1S/C37H33N3O5/c1-24-14-16-28(17-15-24)40-31(33(34(38-40)37(43)45-3)35(41)26-12-8-5-9-13-26)23-22-30-32(25-10-6-4-7-11-25)36(42)39(30)27-18-20-29(44-2)21-19-27/h4-23,30-33H,1-3H3/t30-,31+,32+,33+/m0/s1. The molecule has 2 aliphatic rings. The quantitative estimate of drug-likeness (QED) is 0.102. The first-order valence-corrected chi connectivity index (χ1v) is 14.7. The Morgan fingerprint density at radius 1 is 0.756 bits per heavy atom. The fraction of sp³-hybridized carbons (Fsp3) is 0.189. The predicted molar refractivity (Wildman–Crippen MR) is 174 cm³/mol. The summed E-state index contributed by atoms with van der Waals surface area (Å²) < 4.78 is 10.4. The number of carbonyl (C=O) groups excluding carboxylic acids is 3. The van der Waals surface area contributed by atoms with Crippen LogP contribution < -0.4 is 14.6 Å². The highest BCUT2D eigenvalue weighted by atomic mass is 16.5. The molecule has 0 saturated carbocycles. The maximum atomic E-state index is 14.1. The van der Waals surface area contributed by atoms with Gasteiger partial charge in [-0.25, -0.2) is 4.79 Å². The first-order valence-electron chi connectivity index (χ1n) is 14.7. The van der Waals surface area contributed by atoms with Crippen LogP contribution >= 0.6 is 0 Å². The van der Waals surface area contributed by atoms with Crippen molar-refractivity contribution in [1.29, 1.82) is 0 Å². The van der Waals surface area contributed by atoms with Gasteiger partial charge in [-0.15, -0.1) is 0 Å². The van der Waals surface area contributed by atoms with Gasteiger partial charge in [-0.2, -0.15) is 5.10 Å². The monoisotopic (exact) mass is 599 g/mol. The largest absolute Gasteiger partial charge is 0.497 e. The molecule has 6 rings (SSSR count). The van der Waals surface area contributed by atoms with Crippen molar-refractivity contribution in [3.05, 3.63) is 138 Å². The van der Waals surface area contributed by atoms with Crippen molar-refractivity contribution >= 4 is 34.7 Å². The van der Waals surface area contributed by atoms with Crippen molar-refractivity contribution in [1.82, 2.24) is 0 Å². The Morgan fingerprint density at radius 2 is 1.36 bits per heavy atom. The molecule has 4 atom stereocenters. The van der Waals surface area contributed by atoms with E-state index in [1.807, 2.05) is 104 Å². The Hall–Kier alpha value is -5.50. The molecule has 226 valence electrons. The van der Waals surface area contributed by atoms with E-state index in [9.17, 15) is 14.4 Å². The molecule has 8 heteroatoms. The van der Waals surface area contributed by atoms with Crippen molar-refractivity contribution in [2.24, 2.45) is 11.0 Å². The molecule has 2 aliphatic heterocycles. The number of esters is 1. The molecule has 4 aromatic carbocycles. The lowest BCUT2D eigenvalue weighted by atomic mass is 9.79. The second kappa shape index (κ2) is 12.6. The molecule has 4 aromatic rings. The van der Waals surface area contributed by atoms with Crippen molar-refractivity contribution < 1.29 is 23.9 Å². The fourth-order valence-electron chi connectivity index (χ4n) is 5.98. The van der Waals surface area contributed by atoms with E-state index in [1.165, 1.54) is 7.11 Å². The summed E-state index contributed by atoms with van der Waals surface area (Å²) in [6.45, 7) is 1.99. The molecule has 45 heavy (non-hydrogen) atoms. The van der Waals surface area contributed by atoms with Gasteiger partial charge in [0.1, 0.15) is 5.75 Å². The van der Waals surface area contributed by atoms with Gasteiger partial charge in [0.05, 0.1) is 43.8 Å². The summed E-state index contributed by atoms with van der Waals surface area (Å²) >= 11 is 0. The molecule has 8 nitrogen and oxygen atoms in total. The van der Waals surface area contributed by atoms with Crippen LogP contribution in [-0.2, 0) is 14.3 Å². The number of amides is 1. The van der Waals surface area contributed by atoms with Crippen LogP contribution in [-0.4, -0.2) is 49.7 Å². The first kappa shape index (κ1) is 29.6. The number of β-lactam (4-membered cyclic amide) rings is 1. The van der Waals surface area contributed by atoms with Crippen molar-refractivity contribution in [3.8, 4) is 5.75 Å². The highest BCUT2D eigenvalue weighted by Crippen LogP contribution is 2.41. The summed E-state index contributed by atoms with van der Waals surface area (Å²) in [5.74, 6) is -1.64. The lowest BCUT2D eigenvalue weighted by Gasteiger charge is -2.46. The number of carbonyl (C=O) groups is 3. The number of aryl methyl sites for hydroxylation is 1. The van der Waals surface area contributed by atoms with Crippen molar-refractivity contribution in [2.75, 3.05) is 24.1 Å². The van der Waals surface area contributed by atoms with Crippen LogP contribution in [0.2, 0.25) is 0 Å². The maximum Gasteiger partial charge on any atom is 0.355 e. The predicted octanol–water partition coefficient (Wildman–Crippen LogP) is 5.98. The van der Waals surface area contributed by atoms with E-state index in [-0.39, 0.29) is 23.4 Å². The number of hydrogen-bond acceptors (Lipinski definition) is 7. The van der Waals surface area contributed by atoms with Gasteiger partial charge in [-0.3, -0.25) is 14.6 Å². The van der Waals surface area contributed by atoms with Crippen LogP contribution in [0.3, 0.4) is 0 Å². The zero-order valence-electron chi connectivity index (χ0n) is 25.2. The molecular formula is C37H33N3O5. The molecule has 1 fully saturated rings. The summed E-state index contributed by atoms with van der Waals surface area (Å²) in [7, 11) is 2.88. The summed E-state index contributed by atoms with van der Waals surface area (Å²) in [4.78, 5) is 42.6. The highest BCUT2D eigenvalue weighted by molar-refractivity contribution is 6.43. The normalized spacial score (nSPS) is 21.0. The number of anilines is 2. The minimum absolute atomic E-state index is 0.0258. The Morgan fingerprint density at radius 3 is 1.98 bits per heavy atom. The van der Waals surface area contributed by atoms with Gasteiger partial charge in [0, 0.05) is 11.3 Å². The molecule has 0 aliphatic carbocycles. The first-order chi connectivity index (χ1) is 21.9. The highest BCUT2D eigenvalue weighted by Gasteiger charge is 2.49. The molecule has 0 unspecified atom stereocenters. The van der Waals surface area contributed by atoms with E-state index in [2.05, 4.69) is 5.10 Å². The maximum absolute atomic E-state index is 14.1. The number of ketones is 1. The zero-order chi connectivity index (χ0) is 31.5. The van der Waals surface area contributed by atoms with E-state index >= 15 is 0 Å². The van der Waals surface area contributed by atoms with E-state index < -0.39 is 23.8 Å². The number of nitrogens with zero attached hydrogens (tertiary/aromatic N) is 3. The van der Waals surface area contributed by atoms with Crippen LogP contribution in [0.25, 0.3) is 0 Å². The van der Waals surface area contributed by atoms with Crippen LogP contribution in [0.5, 0.6) is 5.75 Å². The van der Waals surface area contributed by atoms with E-state index in [1.54, 1.807) is 41.3 Å². The van der Waals surface area contributed by atoms with Gasteiger partial charge < -0.3 is 14.4 Å². The second-order valence-electron chi connectivity index (χ2n) is 11.0. The van der Waals surface area contributed by atoms with Crippen LogP contribution in [0.15, 0.2) is 126 Å². The average Bonchev–Trinajstić information content (AvgIpc) is 3.46. The number of rotatable bonds is 9. The topological polar surface area (TPSA) is 88.5 Å². The van der Waals surface area contributed by atoms with Crippen LogP contribution in [0.4, 0.5) is 11.4 Å². The van der Waals surface area contributed by atoms with Gasteiger partial charge in [-0.1, -0.05) is 90.5 Å². The van der Waals surface area contributed by atoms with Gasteiger partial charge in [0.15, 0.2) is 11.5 Å². The van der Waals surface area contributed by atoms with E-state index in [4.69, 9.17) is 9.47 Å². The van der Waals surface area contributed by atoms with E-state index in [0.717, 1.165) is 22.5 Å². The number of methoxy groups -OCH3 is 2. The Labute approximate surface area is 262 Å². The van der Waals surface area contributed by atoms with E-state index in [0.29, 0.717) is 11.3 Å². The molecular weight excluding hydrogens is 566 g/mol. The number of ether oxygens (including phenoxy) is 2. The third kappa shape index (κ3) is 5.62. The number of Topliss-reactive ketones (excluding diaryl/α,β-unsaturated/α-hetero) is 1. The molecule has 2 heterocycles. The lowest BCUT2D eigenvalue weighted by molar-refractivity contribution is -0.133. The average molecular weight is 600 g/mol. The Bertz CT molecular complexity index is 1750. The third-order valence-electron chi connectivity index (χ3n) is 8.33. The summed E-state index contributed by atoms with van der Waals surface area (Å²) in [6.07, 6.45) is 3.85. The zero-order valence-corrected chi connectivity index (χ0v) is 25.2. The number of benzene rings is 4. The summed E-state index contributed by atoms with van der Waals surface area (Å²) in [6, 6.07) is 32.6. The number of hydrogen-bond donors (Lipinski definition) is 0. The summed E-state index contributed by atoms with van der Waals surface area (Å²) in [5, 5.41) is 6.39. The van der Waals surface area contributed by atoms with Gasteiger partial charge in [0.2, 0.25) is 5.91 Å². The Kier molecular flexibility index (Phi) is 8.29. The van der Waals surface area contributed by atoms with Crippen molar-refractivity contribution in [3.63, 3.8) is 0 Å². The lowest BCUT2D eigenvalue weighted by Crippen LogP contribution is -2.59. The molecule has 0 bridgehead atoms. The fourth-order valence-corrected chi connectivity index (χ4v) is 5.98. The van der Waals surface area contributed by atoms with Crippen LogP contribution in [0.1, 0.15) is 27.4 Å². The molecule has 0 radical (unpaired) electrons. The Balaban J connectivity index is 1.44. The molecule has 1 amide bonds. The van der Waals surface area contributed by atoms with Crippen LogP contribution in [0, 0.1) is 12.8 Å². The second-order valence-corrected chi connectivity index (χ2v) is 11.0. The van der Waals surface area contributed by atoms with Gasteiger partial charge in [0.25, 0.3) is 0 Å². The summed E-state index contributed by atoms with van der Waals surface area (Å²) in [5.41, 5.74) is 3.89. The van der Waals surface area contributed by atoms with Gasteiger partial charge >= 0.3 is 5.97 Å². The molecule has 0 N–H and O–H groups in total. The minimum atomic E-state index is -0.946. The van der Waals surface area contributed by atoms with Crippen molar-refractivity contribution in [2.45, 2.75) is 24.9 Å². The molecule has 0 spiro atoms. The molecule has 1 saturated heterocycles. The third-order valence-corrected chi connectivity index (χ3v) is 8.33. The molecule has 0 aromatic heterocycles. The minimum Gasteiger partial charge on any atom is -0.497 e. The number of hydrazone groups is 1. The SMILES string of the molecule is COC(=O)C1=NN(c2ccc(C)cc2)[C@H](C=C[C@H]2[C@@H](c3ccccc3)C(=O)N2c2ccc(OC)cc2)[C@H]1C(=O)c1ccccc1.